The fraction of sp³-hybridized carbons (Fsp3) is 0.600. The Morgan fingerprint density at radius 1 is 1.16 bits per heavy atom. The summed E-state index contributed by atoms with van der Waals surface area (Å²) >= 11 is 3.65. The van der Waals surface area contributed by atoms with Gasteiger partial charge in [0.15, 0.2) is 0 Å². The molecule has 0 bridgehead atoms. The summed E-state index contributed by atoms with van der Waals surface area (Å²) < 4.78 is 6.68. The second-order valence-corrected chi connectivity index (χ2v) is 6.37. The summed E-state index contributed by atoms with van der Waals surface area (Å²) in [6.45, 7) is 10.5. The predicted octanol–water partition coefficient (Wildman–Crippen LogP) is 3.96. The fourth-order valence-corrected chi connectivity index (χ4v) is 2.67. The van der Waals surface area contributed by atoms with Crippen molar-refractivity contribution < 1.29 is 9.84 Å². The Kier molecular flexibility index (Phi) is 5.27. The van der Waals surface area contributed by atoms with Crippen molar-refractivity contribution in [2.75, 3.05) is 19.0 Å². The third kappa shape index (κ3) is 3.42. The van der Waals surface area contributed by atoms with Crippen LogP contribution in [-0.2, 0) is 0 Å². The van der Waals surface area contributed by atoms with Crippen molar-refractivity contribution in [1.29, 1.82) is 0 Å². The maximum Gasteiger partial charge on any atom is 0.145 e. The van der Waals surface area contributed by atoms with Gasteiger partial charge < -0.3 is 15.2 Å². The quantitative estimate of drug-likeness (QED) is 0.859. The lowest BCUT2D eigenvalue weighted by Crippen LogP contribution is -2.32. The van der Waals surface area contributed by atoms with Gasteiger partial charge in [-0.15, -0.1) is 0 Å². The Hall–Kier alpha value is -0.740. The second-order valence-electron chi connectivity index (χ2n) is 5.58. The topological polar surface area (TPSA) is 41.5 Å². The number of hydrogen-bond acceptors (Lipinski definition) is 3. The van der Waals surface area contributed by atoms with Gasteiger partial charge in [-0.25, -0.2) is 0 Å². The van der Waals surface area contributed by atoms with Crippen LogP contribution in [0.1, 0.15) is 37.0 Å². The molecule has 0 saturated carbocycles. The molecule has 0 heterocycles. The molecule has 0 atom stereocenters. The highest BCUT2D eigenvalue weighted by molar-refractivity contribution is 9.10. The summed E-state index contributed by atoms with van der Waals surface area (Å²) in [5.41, 5.74) is 4.26. The Labute approximate surface area is 124 Å². The molecule has 0 aromatic heterocycles. The standard InChI is InChI=1S/C15H24BrNO2/c1-9-10(2)14(19-6)13(11(3)12(9)16)17-15(4,5)7-8-18/h17-18H,7-8H2,1-6H3. The second kappa shape index (κ2) is 6.14. The Morgan fingerprint density at radius 2 is 1.74 bits per heavy atom. The first-order valence-corrected chi connectivity index (χ1v) is 7.26. The first-order valence-electron chi connectivity index (χ1n) is 6.47. The Balaban J connectivity index is 3.34. The van der Waals surface area contributed by atoms with Gasteiger partial charge in [-0.3, -0.25) is 0 Å². The van der Waals surface area contributed by atoms with E-state index in [4.69, 9.17) is 9.84 Å². The molecule has 0 amide bonds. The predicted molar refractivity (Wildman–Crippen MR) is 84.3 cm³/mol. The van der Waals surface area contributed by atoms with Gasteiger partial charge in [-0.05, 0) is 57.7 Å². The van der Waals surface area contributed by atoms with Gasteiger partial charge in [0.2, 0.25) is 0 Å². The summed E-state index contributed by atoms with van der Waals surface area (Å²) in [4.78, 5) is 0. The highest BCUT2D eigenvalue weighted by Gasteiger charge is 2.23. The minimum Gasteiger partial charge on any atom is -0.494 e. The molecule has 19 heavy (non-hydrogen) atoms. The van der Waals surface area contributed by atoms with Crippen LogP contribution < -0.4 is 10.1 Å². The molecule has 1 aromatic rings. The first kappa shape index (κ1) is 16.3. The summed E-state index contributed by atoms with van der Waals surface area (Å²) in [5, 5.41) is 12.6. The molecule has 4 heteroatoms. The first-order chi connectivity index (χ1) is 8.75. The van der Waals surface area contributed by atoms with Gasteiger partial charge in [0.1, 0.15) is 5.75 Å². The third-order valence-electron chi connectivity index (χ3n) is 3.57. The lowest BCUT2D eigenvalue weighted by atomic mass is 9.97. The monoisotopic (exact) mass is 329 g/mol. The maximum atomic E-state index is 9.15. The van der Waals surface area contributed by atoms with Gasteiger partial charge in [0.05, 0.1) is 12.8 Å². The van der Waals surface area contributed by atoms with Crippen molar-refractivity contribution in [3.05, 3.63) is 21.2 Å². The summed E-state index contributed by atoms with van der Waals surface area (Å²) in [6, 6.07) is 0. The molecule has 0 radical (unpaired) electrons. The molecule has 1 aromatic carbocycles. The van der Waals surface area contributed by atoms with Crippen LogP contribution in [0.15, 0.2) is 4.47 Å². The van der Waals surface area contributed by atoms with E-state index in [9.17, 15) is 0 Å². The zero-order valence-corrected chi connectivity index (χ0v) is 14.2. The van der Waals surface area contributed by atoms with Crippen LogP contribution in [-0.4, -0.2) is 24.4 Å². The SMILES string of the molecule is COc1c(C)c(C)c(Br)c(C)c1NC(C)(C)CCO. The number of anilines is 1. The zero-order valence-electron chi connectivity index (χ0n) is 12.6. The minimum absolute atomic E-state index is 0.160. The van der Waals surface area contributed by atoms with Crippen LogP contribution in [0.2, 0.25) is 0 Å². The van der Waals surface area contributed by atoms with Crippen molar-refractivity contribution in [3.8, 4) is 5.75 Å². The highest BCUT2D eigenvalue weighted by Crippen LogP contribution is 2.41. The van der Waals surface area contributed by atoms with Gasteiger partial charge in [0, 0.05) is 16.6 Å². The lowest BCUT2D eigenvalue weighted by molar-refractivity contribution is 0.260. The molecule has 0 aliphatic rings. The number of aliphatic hydroxyl groups excluding tert-OH is 1. The van der Waals surface area contributed by atoms with E-state index in [1.807, 2.05) is 0 Å². The minimum atomic E-state index is -0.187. The number of methoxy groups -OCH3 is 1. The zero-order chi connectivity index (χ0) is 14.8. The van der Waals surface area contributed by atoms with E-state index in [0.717, 1.165) is 27.0 Å². The summed E-state index contributed by atoms with van der Waals surface area (Å²) in [7, 11) is 1.69. The molecule has 0 aliphatic heterocycles. The molecule has 3 nitrogen and oxygen atoms in total. The van der Waals surface area contributed by atoms with E-state index in [2.05, 4.69) is 55.9 Å². The third-order valence-corrected chi connectivity index (χ3v) is 4.76. The average Bonchev–Trinajstić information content (AvgIpc) is 2.33. The summed E-state index contributed by atoms with van der Waals surface area (Å²) in [6.07, 6.45) is 0.681. The highest BCUT2D eigenvalue weighted by atomic mass is 79.9. The maximum absolute atomic E-state index is 9.15. The van der Waals surface area contributed by atoms with Crippen LogP contribution in [0.4, 0.5) is 5.69 Å². The molecular formula is C15H24BrNO2. The Bertz CT molecular complexity index is 470. The fourth-order valence-electron chi connectivity index (χ4n) is 2.17. The van der Waals surface area contributed by atoms with E-state index in [0.29, 0.717) is 6.42 Å². The van der Waals surface area contributed by atoms with E-state index in [-0.39, 0.29) is 12.1 Å². The number of aliphatic hydroxyl groups is 1. The van der Waals surface area contributed by atoms with Crippen molar-refractivity contribution in [3.63, 3.8) is 0 Å². The normalized spacial score (nSPS) is 11.6. The van der Waals surface area contributed by atoms with Crippen molar-refractivity contribution in [2.24, 2.45) is 0 Å². The van der Waals surface area contributed by atoms with Gasteiger partial charge in [-0.1, -0.05) is 15.9 Å². The number of ether oxygens (including phenoxy) is 1. The van der Waals surface area contributed by atoms with E-state index in [1.54, 1.807) is 7.11 Å². The molecule has 0 aliphatic carbocycles. The molecule has 0 fully saturated rings. The van der Waals surface area contributed by atoms with Crippen LogP contribution >= 0.6 is 15.9 Å². The number of rotatable bonds is 5. The largest absolute Gasteiger partial charge is 0.494 e. The number of halogens is 1. The molecule has 1 rings (SSSR count). The number of nitrogens with one attached hydrogen (secondary N) is 1. The Morgan fingerprint density at radius 3 is 2.21 bits per heavy atom. The van der Waals surface area contributed by atoms with Crippen LogP contribution in [0.5, 0.6) is 5.75 Å². The molecular weight excluding hydrogens is 306 g/mol. The van der Waals surface area contributed by atoms with Crippen molar-refractivity contribution >= 4 is 21.6 Å². The molecule has 0 saturated heterocycles. The smallest absolute Gasteiger partial charge is 0.145 e. The molecule has 2 N–H and O–H groups in total. The van der Waals surface area contributed by atoms with E-state index >= 15 is 0 Å². The molecule has 108 valence electrons. The number of hydrogen-bond donors (Lipinski definition) is 2. The average molecular weight is 330 g/mol. The molecule has 0 spiro atoms. The van der Waals surface area contributed by atoms with Crippen LogP contribution in [0.3, 0.4) is 0 Å². The van der Waals surface area contributed by atoms with Crippen LogP contribution in [0, 0.1) is 20.8 Å². The number of benzene rings is 1. The van der Waals surface area contributed by atoms with E-state index in [1.165, 1.54) is 5.56 Å². The summed E-state index contributed by atoms with van der Waals surface area (Å²) in [5.74, 6) is 0.879. The van der Waals surface area contributed by atoms with Crippen LogP contribution in [0.25, 0.3) is 0 Å². The van der Waals surface area contributed by atoms with E-state index < -0.39 is 0 Å². The molecule has 0 unspecified atom stereocenters. The van der Waals surface area contributed by atoms with Crippen molar-refractivity contribution in [1.82, 2.24) is 0 Å². The van der Waals surface area contributed by atoms with Gasteiger partial charge in [0.25, 0.3) is 0 Å². The lowest BCUT2D eigenvalue weighted by Gasteiger charge is -2.30. The van der Waals surface area contributed by atoms with Crippen molar-refractivity contribution in [2.45, 2.75) is 46.6 Å². The van der Waals surface area contributed by atoms with Gasteiger partial charge in [-0.2, -0.15) is 0 Å². The van der Waals surface area contributed by atoms with Gasteiger partial charge >= 0.3 is 0 Å².